The summed E-state index contributed by atoms with van der Waals surface area (Å²) in [6, 6.07) is 0.247. The van der Waals surface area contributed by atoms with E-state index in [0.717, 1.165) is 11.3 Å². The van der Waals surface area contributed by atoms with Gasteiger partial charge in [0.2, 0.25) is 0 Å². The largest absolute Gasteiger partial charge is 0.480 e. The van der Waals surface area contributed by atoms with Crippen LogP contribution in [0.25, 0.3) is 0 Å². The Morgan fingerprint density at radius 3 is 2.69 bits per heavy atom. The molecule has 1 atom stereocenters. The second-order valence-corrected chi connectivity index (χ2v) is 6.48. The second kappa shape index (κ2) is 5.23. The van der Waals surface area contributed by atoms with Crippen molar-refractivity contribution in [3.63, 3.8) is 0 Å². The molecule has 1 aromatic heterocycles. The zero-order valence-corrected chi connectivity index (χ0v) is 11.1. The Bertz CT molecular complexity index is 484. The smallest absolute Gasteiger partial charge is 0.323 e. The molecule has 0 spiro atoms. The van der Waals surface area contributed by atoms with Gasteiger partial charge in [-0.2, -0.15) is 4.72 Å². The van der Waals surface area contributed by atoms with Gasteiger partial charge in [0.15, 0.2) is 0 Å². The molecule has 0 aliphatic heterocycles. The minimum absolute atomic E-state index is 0.0344. The van der Waals surface area contributed by atoms with E-state index >= 15 is 0 Å². The van der Waals surface area contributed by atoms with Crippen molar-refractivity contribution in [2.45, 2.75) is 10.3 Å². The summed E-state index contributed by atoms with van der Waals surface area (Å²) in [6.07, 6.45) is 0. The summed E-state index contributed by atoms with van der Waals surface area (Å²) in [7, 11) is -3.84. The fourth-order valence-electron chi connectivity index (χ4n) is 0.912. The van der Waals surface area contributed by atoms with Crippen LogP contribution in [0.3, 0.4) is 0 Å². The van der Waals surface area contributed by atoms with Gasteiger partial charge in [-0.05, 0) is 27.4 Å². The topological polar surface area (TPSA) is 109 Å². The molecule has 1 unspecified atom stereocenters. The third kappa shape index (κ3) is 3.01. The Labute approximate surface area is 105 Å². The maximum Gasteiger partial charge on any atom is 0.323 e. The lowest BCUT2D eigenvalue weighted by molar-refractivity contribution is -0.138. The summed E-state index contributed by atoms with van der Waals surface area (Å²) in [5.41, 5.74) is 5.16. The highest BCUT2D eigenvalue weighted by Crippen LogP contribution is 2.27. The van der Waals surface area contributed by atoms with Gasteiger partial charge >= 0.3 is 5.97 Å². The van der Waals surface area contributed by atoms with Crippen molar-refractivity contribution in [1.29, 1.82) is 0 Å². The van der Waals surface area contributed by atoms with Crippen LogP contribution in [0.2, 0.25) is 0 Å². The van der Waals surface area contributed by atoms with Gasteiger partial charge in [0, 0.05) is 11.0 Å². The Kier molecular flexibility index (Phi) is 4.44. The summed E-state index contributed by atoms with van der Waals surface area (Å²) in [4.78, 5) is 10.6. The van der Waals surface area contributed by atoms with E-state index in [2.05, 4.69) is 15.9 Å². The van der Waals surface area contributed by atoms with Crippen molar-refractivity contribution < 1.29 is 18.3 Å². The van der Waals surface area contributed by atoms with Crippen molar-refractivity contribution >= 4 is 43.3 Å². The van der Waals surface area contributed by atoms with Crippen molar-refractivity contribution in [2.24, 2.45) is 5.73 Å². The lowest BCUT2D eigenvalue weighted by Crippen LogP contribution is -2.45. The molecule has 0 radical (unpaired) electrons. The van der Waals surface area contributed by atoms with Crippen LogP contribution in [0.5, 0.6) is 0 Å². The minimum atomic E-state index is -3.84. The average molecular weight is 329 g/mol. The van der Waals surface area contributed by atoms with E-state index in [1.165, 1.54) is 0 Å². The molecule has 0 amide bonds. The fraction of sp³-hybridized carbons (Fsp3) is 0.286. The SMILES string of the molecule is NCC(NS(=O)(=O)c1sccc1Br)C(=O)O. The Balaban J connectivity index is 2.97. The third-order valence-electron chi connectivity index (χ3n) is 1.66. The summed E-state index contributed by atoms with van der Waals surface area (Å²) in [5, 5.41) is 10.3. The van der Waals surface area contributed by atoms with Crippen LogP contribution in [0.4, 0.5) is 0 Å². The van der Waals surface area contributed by atoms with Crippen LogP contribution in [-0.4, -0.2) is 32.1 Å². The molecule has 0 saturated heterocycles. The number of hydrogen-bond acceptors (Lipinski definition) is 5. The molecule has 1 rings (SSSR count). The normalized spacial score (nSPS) is 13.6. The summed E-state index contributed by atoms with van der Waals surface area (Å²) < 4.78 is 25.9. The van der Waals surface area contributed by atoms with E-state index in [1.54, 1.807) is 11.4 Å². The number of hydrogen-bond donors (Lipinski definition) is 3. The van der Waals surface area contributed by atoms with Crippen molar-refractivity contribution in [3.05, 3.63) is 15.9 Å². The van der Waals surface area contributed by atoms with Gasteiger partial charge < -0.3 is 10.8 Å². The minimum Gasteiger partial charge on any atom is -0.480 e. The molecular weight excluding hydrogens is 320 g/mol. The van der Waals surface area contributed by atoms with Gasteiger partial charge in [0.1, 0.15) is 10.3 Å². The molecule has 0 bridgehead atoms. The first-order valence-corrected chi connectivity index (χ1v) is 7.22. The number of halogens is 1. The molecule has 9 heteroatoms. The van der Waals surface area contributed by atoms with Crippen LogP contribution in [0, 0.1) is 0 Å². The number of nitrogens with two attached hydrogens (primary N) is 1. The number of thiophene rings is 1. The molecular formula is C7H9BrN2O4S2. The molecule has 1 heterocycles. The predicted octanol–water partition coefficient (Wildman–Crippen LogP) is 0.201. The van der Waals surface area contributed by atoms with Gasteiger partial charge in [-0.25, -0.2) is 8.42 Å². The molecule has 0 aromatic carbocycles. The first-order valence-electron chi connectivity index (χ1n) is 4.06. The summed E-state index contributed by atoms with van der Waals surface area (Å²) in [5.74, 6) is -1.31. The first kappa shape index (κ1) is 13.6. The Morgan fingerprint density at radius 2 is 2.31 bits per heavy atom. The molecule has 0 aliphatic carbocycles. The monoisotopic (exact) mass is 328 g/mol. The maximum absolute atomic E-state index is 11.7. The molecule has 4 N–H and O–H groups in total. The lowest BCUT2D eigenvalue weighted by Gasteiger charge is -2.11. The lowest BCUT2D eigenvalue weighted by atomic mass is 10.3. The number of carboxylic acids is 1. The van der Waals surface area contributed by atoms with Gasteiger partial charge in [0.05, 0.1) is 0 Å². The predicted molar refractivity (Wildman–Crippen MR) is 62.8 cm³/mol. The number of rotatable bonds is 5. The number of aliphatic carboxylic acids is 1. The van der Waals surface area contributed by atoms with Crippen molar-refractivity contribution in [3.8, 4) is 0 Å². The van der Waals surface area contributed by atoms with Crippen LogP contribution in [0.1, 0.15) is 0 Å². The Morgan fingerprint density at radius 1 is 1.69 bits per heavy atom. The number of sulfonamides is 1. The molecule has 6 nitrogen and oxygen atoms in total. The Hall–Kier alpha value is -0.480. The standard InChI is InChI=1S/C7H9BrN2O4S2/c8-4-1-2-15-7(4)16(13,14)10-5(3-9)6(11)12/h1-2,5,10H,3,9H2,(H,11,12). The van der Waals surface area contributed by atoms with E-state index in [4.69, 9.17) is 10.8 Å². The molecule has 0 fully saturated rings. The van der Waals surface area contributed by atoms with Crippen LogP contribution in [0.15, 0.2) is 20.1 Å². The zero-order valence-electron chi connectivity index (χ0n) is 7.88. The third-order valence-corrected chi connectivity index (χ3v) is 5.80. The quantitative estimate of drug-likeness (QED) is 0.715. The van der Waals surface area contributed by atoms with Gasteiger partial charge in [-0.1, -0.05) is 0 Å². The highest BCUT2D eigenvalue weighted by atomic mass is 79.9. The molecule has 16 heavy (non-hydrogen) atoms. The second-order valence-electron chi connectivity index (χ2n) is 2.80. The number of carboxylic acid groups (broad SMARTS) is 1. The highest BCUT2D eigenvalue weighted by molar-refractivity contribution is 9.10. The van der Waals surface area contributed by atoms with Gasteiger partial charge in [-0.3, -0.25) is 4.79 Å². The average Bonchev–Trinajstić information content (AvgIpc) is 2.61. The highest BCUT2D eigenvalue weighted by Gasteiger charge is 2.26. The van der Waals surface area contributed by atoms with E-state index in [-0.39, 0.29) is 10.8 Å². The molecule has 0 aliphatic rings. The van der Waals surface area contributed by atoms with Gasteiger partial charge in [-0.15, -0.1) is 11.3 Å². The molecule has 0 saturated carbocycles. The van der Waals surface area contributed by atoms with Crippen LogP contribution in [-0.2, 0) is 14.8 Å². The zero-order chi connectivity index (χ0) is 12.3. The van der Waals surface area contributed by atoms with E-state index in [9.17, 15) is 13.2 Å². The van der Waals surface area contributed by atoms with Crippen LogP contribution < -0.4 is 10.5 Å². The first-order chi connectivity index (χ1) is 7.38. The molecule has 90 valence electrons. The number of carbonyl (C=O) groups is 1. The number of nitrogens with one attached hydrogen (secondary N) is 1. The van der Waals surface area contributed by atoms with Crippen LogP contribution >= 0.6 is 27.3 Å². The fourth-order valence-corrected chi connectivity index (χ4v) is 4.47. The van der Waals surface area contributed by atoms with E-state index < -0.39 is 22.0 Å². The summed E-state index contributed by atoms with van der Waals surface area (Å²) >= 11 is 4.05. The summed E-state index contributed by atoms with van der Waals surface area (Å²) in [6.45, 7) is -0.308. The molecule has 1 aromatic rings. The van der Waals surface area contributed by atoms with Gasteiger partial charge in [0.25, 0.3) is 10.0 Å². The maximum atomic E-state index is 11.7. The van der Waals surface area contributed by atoms with Crippen molar-refractivity contribution in [1.82, 2.24) is 4.72 Å². The van der Waals surface area contributed by atoms with Crippen molar-refractivity contribution in [2.75, 3.05) is 6.54 Å². The van der Waals surface area contributed by atoms with E-state index in [0.29, 0.717) is 4.47 Å². The van der Waals surface area contributed by atoms with E-state index in [1.807, 2.05) is 4.72 Å².